The van der Waals surface area contributed by atoms with Crippen molar-refractivity contribution in [1.82, 2.24) is 9.78 Å². The molecule has 0 aliphatic rings. The molecule has 92 valence electrons. The summed E-state index contributed by atoms with van der Waals surface area (Å²) in [6.07, 6.45) is 4.79. The zero-order valence-corrected chi connectivity index (χ0v) is 10.00. The van der Waals surface area contributed by atoms with Gasteiger partial charge in [0.1, 0.15) is 5.82 Å². The van der Waals surface area contributed by atoms with Crippen molar-refractivity contribution in [3.63, 3.8) is 0 Å². The molecule has 5 nitrogen and oxygen atoms in total. The van der Waals surface area contributed by atoms with Crippen LogP contribution in [0.5, 0.6) is 0 Å². The van der Waals surface area contributed by atoms with Crippen LogP contribution in [0.3, 0.4) is 0 Å². The molecule has 2 aromatic rings. The average Bonchev–Trinajstić information content (AvgIpc) is 2.73. The molecule has 0 spiro atoms. The molecule has 0 aliphatic carbocycles. The normalized spacial score (nSPS) is 10.7. The largest absolute Gasteiger partial charge is 0.399 e. The Hall–Kier alpha value is -2.56. The Morgan fingerprint density at radius 2 is 2.28 bits per heavy atom. The van der Waals surface area contributed by atoms with Gasteiger partial charge < -0.3 is 11.1 Å². The van der Waals surface area contributed by atoms with Gasteiger partial charge in [0, 0.05) is 24.9 Å². The number of carbonyl (C=O) groups is 1. The third kappa shape index (κ3) is 2.98. The highest BCUT2D eigenvalue weighted by atomic mass is 16.1. The van der Waals surface area contributed by atoms with Gasteiger partial charge in [-0.25, -0.2) is 0 Å². The number of aromatic nitrogens is 2. The summed E-state index contributed by atoms with van der Waals surface area (Å²) >= 11 is 0. The minimum absolute atomic E-state index is 0.207. The third-order valence-corrected chi connectivity index (χ3v) is 2.41. The minimum Gasteiger partial charge on any atom is -0.399 e. The summed E-state index contributed by atoms with van der Waals surface area (Å²) in [7, 11) is 1.76. The topological polar surface area (TPSA) is 72.9 Å². The maximum atomic E-state index is 11.7. The van der Waals surface area contributed by atoms with Gasteiger partial charge >= 0.3 is 0 Å². The lowest BCUT2D eigenvalue weighted by Gasteiger charge is -2.01. The lowest BCUT2D eigenvalue weighted by atomic mass is 10.2. The van der Waals surface area contributed by atoms with Crippen LogP contribution in [0.15, 0.2) is 42.6 Å². The fourth-order valence-corrected chi connectivity index (χ4v) is 1.50. The molecule has 0 fully saturated rings. The zero-order chi connectivity index (χ0) is 13.0. The zero-order valence-electron chi connectivity index (χ0n) is 10.00. The van der Waals surface area contributed by atoms with Crippen molar-refractivity contribution >= 4 is 23.5 Å². The number of nitrogens with zero attached hydrogens (tertiary/aromatic N) is 2. The molecule has 0 saturated carbocycles. The van der Waals surface area contributed by atoms with Crippen LogP contribution in [0.2, 0.25) is 0 Å². The van der Waals surface area contributed by atoms with E-state index in [2.05, 4.69) is 10.4 Å². The van der Waals surface area contributed by atoms with E-state index in [0.717, 1.165) is 5.56 Å². The van der Waals surface area contributed by atoms with Crippen molar-refractivity contribution in [2.24, 2.45) is 7.05 Å². The molecule has 0 aliphatic heterocycles. The Bertz CT molecular complexity index is 586. The molecular weight excluding hydrogens is 228 g/mol. The van der Waals surface area contributed by atoms with Crippen LogP contribution in [0.4, 0.5) is 11.5 Å². The van der Waals surface area contributed by atoms with Crippen LogP contribution < -0.4 is 11.1 Å². The van der Waals surface area contributed by atoms with E-state index in [9.17, 15) is 4.79 Å². The van der Waals surface area contributed by atoms with Gasteiger partial charge in [0.15, 0.2) is 0 Å². The second-order valence-corrected chi connectivity index (χ2v) is 3.83. The number of benzene rings is 1. The van der Waals surface area contributed by atoms with E-state index in [1.54, 1.807) is 42.2 Å². The molecule has 0 unspecified atom stereocenters. The molecule has 3 N–H and O–H groups in total. The predicted octanol–water partition coefficient (Wildman–Crippen LogP) is 1.65. The maximum Gasteiger partial charge on any atom is 0.249 e. The molecule has 0 bridgehead atoms. The molecule has 0 atom stereocenters. The van der Waals surface area contributed by atoms with Crippen LogP contribution in [-0.2, 0) is 11.8 Å². The number of aryl methyl sites for hydroxylation is 1. The van der Waals surface area contributed by atoms with Crippen LogP contribution in [0, 0.1) is 0 Å². The van der Waals surface area contributed by atoms with Gasteiger partial charge in [-0.3, -0.25) is 9.48 Å². The van der Waals surface area contributed by atoms with Crippen LogP contribution in [-0.4, -0.2) is 15.7 Å². The van der Waals surface area contributed by atoms with Gasteiger partial charge in [0.2, 0.25) is 5.91 Å². The lowest BCUT2D eigenvalue weighted by Crippen LogP contribution is -2.11. The molecule has 1 heterocycles. The highest BCUT2D eigenvalue weighted by Crippen LogP contribution is 2.08. The number of amides is 1. The van der Waals surface area contributed by atoms with Crippen molar-refractivity contribution in [1.29, 1.82) is 0 Å². The summed E-state index contributed by atoms with van der Waals surface area (Å²) in [5, 5.41) is 6.68. The Morgan fingerprint density at radius 1 is 1.44 bits per heavy atom. The Morgan fingerprint density at radius 3 is 2.94 bits per heavy atom. The number of nitrogens with two attached hydrogens (primary N) is 1. The quantitative estimate of drug-likeness (QED) is 0.635. The predicted molar refractivity (Wildman–Crippen MR) is 71.7 cm³/mol. The third-order valence-electron chi connectivity index (χ3n) is 2.41. The van der Waals surface area contributed by atoms with E-state index in [4.69, 9.17) is 5.73 Å². The van der Waals surface area contributed by atoms with Crippen molar-refractivity contribution in [2.45, 2.75) is 0 Å². The number of hydrogen-bond acceptors (Lipinski definition) is 3. The summed E-state index contributed by atoms with van der Waals surface area (Å²) in [6.45, 7) is 0. The first-order valence-corrected chi connectivity index (χ1v) is 5.48. The van der Waals surface area contributed by atoms with E-state index in [-0.39, 0.29) is 5.91 Å². The van der Waals surface area contributed by atoms with Crippen molar-refractivity contribution in [2.75, 3.05) is 11.1 Å². The highest BCUT2D eigenvalue weighted by molar-refractivity contribution is 6.01. The van der Waals surface area contributed by atoms with Gasteiger partial charge in [-0.1, -0.05) is 12.1 Å². The van der Waals surface area contributed by atoms with Gasteiger partial charge in [-0.05, 0) is 23.8 Å². The van der Waals surface area contributed by atoms with E-state index in [1.807, 2.05) is 12.1 Å². The van der Waals surface area contributed by atoms with Gasteiger partial charge in [-0.15, -0.1) is 0 Å². The first kappa shape index (κ1) is 11.9. The second-order valence-electron chi connectivity index (χ2n) is 3.83. The molecule has 1 amide bonds. The van der Waals surface area contributed by atoms with E-state index in [0.29, 0.717) is 11.5 Å². The number of anilines is 2. The second kappa shape index (κ2) is 5.18. The van der Waals surface area contributed by atoms with Gasteiger partial charge in [0.05, 0.1) is 6.20 Å². The average molecular weight is 242 g/mol. The van der Waals surface area contributed by atoms with Crippen molar-refractivity contribution in [3.05, 3.63) is 48.2 Å². The monoisotopic (exact) mass is 242 g/mol. The van der Waals surface area contributed by atoms with Crippen LogP contribution in [0.25, 0.3) is 6.08 Å². The fourth-order valence-electron chi connectivity index (χ4n) is 1.50. The first-order chi connectivity index (χ1) is 8.65. The Kier molecular flexibility index (Phi) is 3.43. The minimum atomic E-state index is -0.207. The fraction of sp³-hybridized carbons (Fsp3) is 0.0769. The number of nitrogen functional groups attached to an aromatic ring is 1. The molecule has 2 rings (SSSR count). The van der Waals surface area contributed by atoms with Crippen LogP contribution >= 0.6 is 0 Å². The summed E-state index contributed by atoms with van der Waals surface area (Å²) < 4.78 is 1.59. The maximum absolute atomic E-state index is 11.7. The summed E-state index contributed by atoms with van der Waals surface area (Å²) in [5.74, 6) is 0.443. The summed E-state index contributed by atoms with van der Waals surface area (Å²) in [5.41, 5.74) is 7.20. The standard InChI is InChI=1S/C13H14N4O/c1-17-12(7-8-15-17)16-13(18)6-5-10-3-2-4-11(14)9-10/h2-9H,14H2,1H3,(H,16,18)/b6-5+. The number of rotatable bonds is 3. The molecule has 0 radical (unpaired) electrons. The SMILES string of the molecule is Cn1nccc1NC(=O)/C=C/c1cccc(N)c1. The lowest BCUT2D eigenvalue weighted by molar-refractivity contribution is -0.111. The van der Waals surface area contributed by atoms with E-state index in [1.165, 1.54) is 6.08 Å². The number of nitrogens with one attached hydrogen (secondary N) is 1. The number of carbonyl (C=O) groups excluding carboxylic acids is 1. The highest BCUT2D eigenvalue weighted by Gasteiger charge is 2.01. The Balaban J connectivity index is 2.01. The molecule has 1 aromatic heterocycles. The first-order valence-electron chi connectivity index (χ1n) is 5.48. The van der Waals surface area contributed by atoms with Crippen molar-refractivity contribution in [3.8, 4) is 0 Å². The number of hydrogen-bond donors (Lipinski definition) is 2. The van der Waals surface area contributed by atoms with Gasteiger partial charge in [-0.2, -0.15) is 5.10 Å². The molecular formula is C13H14N4O. The van der Waals surface area contributed by atoms with E-state index >= 15 is 0 Å². The molecule has 5 heteroatoms. The smallest absolute Gasteiger partial charge is 0.249 e. The molecule has 0 saturated heterocycles. The molecule has 1 aromatic carbocycles. The van der Waals surface area contributed by atoms with E-state index < -0.39 is 0 Å². The van der Waals surface area contributed by atoms with Gasteiger partial charge in [0.25, 0.3) is 0 Å². The van der Waals surface area contributed by atoms with Crippen molar-refractivity contribution < 1.29 is 4.79 Å². The molecule has 18 heavy (non-hydrogen) atoms. The van der Waals surface area contributed by atoms with Crippen LogP contribution in [0.1, 0.15) is 5.56 Å². The summed E-state index contributed by atoms with van der Waals surface area (Å²) in [6, 6.07) is 9.05. The summed E-state index contributed by atoms with van der Waals surface area (Å²) in [4.78, 5) is 11.7. The Labute approximate surface area is 105 Å².